The van der Waals surface area contributed by atoms with Crippen molar-refractivity contribution in [2.45, 2.75) is 39.0 Å². The van der Waals surface area contributed by atoms with Crippen LogP contribution in [0.25, 0.3) is 0 Å². The van der Waals surface area contributed by atoms with E-state index in [1.807, 2.05) is 0 Å². The van der Waals surface area contributed by atoms with Gasteiger partial charge in [-0.2, -0.15) is 0 Å². The van der Waals surface area contributed by atoms with Crippen molar-refractivity contribution in [1.29, 1.82) is 0 Å². The molecule has 0 saturated carbocycles. The van der Waals surface area contributed by atoms with Gasteiger partial charge in [0.2, 0.25) is 0 Å². The molecule has 0 aromatic rings. The lowest BCUT2D eigenvalue weighted by atomic mass is 10.1. The molecular weight excluding hydrogens is 204 g/mol. The second-order valence-corrected chi connectivity index (χ2v) is 3.37. The Hall–Kier alpha value is -0.570. The first-order chi connectivity index (χ1) is 6.70. The minimum atomic E-state index is -0.224. The summed E-state index contributed by atoms with van der Waals surface area (Å²) in [5.74, 6) is 0.469. The van der Waals surface area contributed by atoms with Crippen LogP contribution in [0.15, 0.2) is 0 Å². The largest absolute Gasteiger partial charge is 0.466 e. The molecule has 14 heavy (non-hydrogen) atoms. The molecule has 0 radical (unpaired) electrons. The zero-order valence-corrected chi connectivity index (χ0v) is 9.31. The maximum absolute atomic E-state index is 11.1. The third-order valence-electron chi connectivity index (χ3n) is 1.73. The molecular formula is C10H17ClO3. The number of rotatable bonds is 8. The van der Waals surface area contributed by atoms with Gasteiger partial charge in [0, 0.05) is 25.1 Å². The summed E-state index contributed by atoms with van der Waals surface area (Å²) in [4.78, 5) is 22.0. The van der Waals surface area contributed by atoms with Gasteiger partial charge in [-0.3, -0.25) is 9.59 Å². The third kappa shape index (κ3) is 8.05. The summed E-state index contributed by atoms with van der Waals surface area (Å²) < 4.78 is 4.73. The molecule has 0 aliphatic rings. The summed E-state index contributed by atoms with van der Waals surface area (Å²) in [6.45, 7) is 2.17. The van der Waals surface area contributed by atoms with E-state index in [0.29, 0.717) is 38.2 Å². The SMILES string of the molecule is CCOC(=O)CCCC(=O)CCCCl. The molecule has 0 unspecified atom stereocenters. The quantitative estimate of drug-likeness (QED) is 0.466. The first-order valence-corrected chi connectivity index (χ1v) is 5.47. The van der Waals surface area contributed by atoms with E-state index < -0.39 is 0 Å². The molecule has 82 valence electrons. The van der Waals surface area contributed by atoms with Crippen LogP contribution in [-0.2, 0) is 14.3 Å². The lowest BCUT2D eigenvalue weighted by Crippen LogP contribution is -2.05. The number of esters is 1. The smallest absolute Gasteiger partial charge is 0.305 e. The van der Waals surface area contributed by atoms with E-state index in [9.17, 15) is 9.59 Å². The van der Waals surface area contributed by atoms with Crippen molar-refractivity contribution < 1.29 is 14.3 Å². The first kappa shape index (κ1) is 13.4. The second kappa shape index (κ2) is 9.00. The minimum Gasteiger partial charge on any atom is -0.466 e. The molecule has 0 aliphatic heterocycles. The Morgan fingerprint density at radius 2 is 1.79 bits per heavy atom. The predicted octanol–water partition coefficient (Wildman–Crippen LogP) is 2.31. The van der Waals surface area contributed by atoms with Crippen molar-refractivity contribution in [3.05, 3.63) is 0 Å². The highest BCUT2D eigenvalue weighted by atomic mass is 35.5. The van der Waals surface area contributed by atoms with E-state index in [1.54, 1.807) is 6.92 Å². The normalized spacial score (nSPS) is 9.86. The van der Waals surface area contributed by atoms with Crippen molar-refractivity contribution in [3.8, 4) is 0 Å². The van der Waals surface area contributed by atoms with E-state index in [-0.39, 0.29) is 11.8 Å². The molecule has 0 aliphatic carbocycles. The second-order valence-electron chi connectivity index (χ2n) is 2.99. The van der Waals surface area contributed by atoms with Crippen molar-refractivity contribution in [2.24, 2.45) is 0 Å². The lowest BCUT2D eigenvalue weighted by Gasteiger charge is -2.01. The summed E-state index contributed by atoms with van der Waals surface area (Å²) in [7, 11) is 0. The number of carbonyl (C=O) groups excluding carboxylic acids is 2. The molecule has 0 heterocycles. The monoisotopic (exact) mass is 220 g/mol. The zero-order chi connectivity index (χ0) is 10.8. The van der Waals surface area contributed by atoms with Crippen molar-refractivity contribution in [2.75, 3.05) is 12.5 Å². The summed E-state index contributed by atoms with van der Waals surface area (Å²) >= 11 is 5.44. The number of ketones is 1. The predicted molar refractivity (Wildman–Crippen MR) is 55.4 cm³/mol. The standard InChI is InChI=1S/C10H17ClO3/c1-2-14-10(13)7-3-5-9(12)6-4-8-11/h2-8H2,1H3. The van der Waals surface area contributed by atoms with Crippen LogP contribution in [0.5, 0.6) is 0 Å². The zero-order valence-electron chi connectivity index (χ0n) is 8.55. The highest BCUT2D eigenvalue weighted by molar-refractivity contribution is 6.17. The lowest BCUT2D eigenvalue weighted by molar-refractivity contribution is -0.143. The molecule has 0 rings (SSSR count). The Labute approximate surface area is 89.8 Å². The number of hydrogen-bond acceptors (Lipinski definition) is 3. The van der Waals surface area contributed by atoms with Crippen molar-refractivity contribution in [1.82, 2.24) is 0 Å². The Balaban J connectivity index is 3.34. The van der Waals surface area contributed by atoms with Crippen LogP contribution >= 0.6 is 11.6 Å². The molecule has 0 N–H and O–H groups in total. The van der Waals surface area contributed by atoms with Gasteiger partial charge in [-0.15, -0.1) is 11.6 Å². The number of Topliss-reactive ketones (excluding diaryl/α,β-unsaturated/α-hetero) is 1. The number of ether oxygens (including phenoxy) is 1. The highest BCUT2D eigenvalue weighted by Crippen LogP contribution is 2.03. The van der Waals surface area contributed by atoms with Gasteiger partial charge in [0.05, 0.1) is 6.61 Å². The summed E-state index contributed by atoms with van der Waals surface area (Å²) in [5.41, 5.74) is 0. The summed E-state index contributed by atoms with van der Waals surface area (Å²) in [5, 5.41) is 0. The van der Waals surface area contributed by atoms with E-state index in [2.05, 4.69) is 0 Å². The molecule has 0 bridgehead atoms. The van der Waals surface area contributed by atoms with E-state index in [4.69, 9.17) is 16.3 Å². The molecule has 0 atom stereocenters. The Morgan fingerprint density at radius 3 is 2.36 bits per heavy atom. The van der Waals surface area contributed by atoms with Crippen LogP contribution in [-0.4, -0.2) is 24.2 Å². The van der Waals surface area contributed by atoms with Gasteiger partial charge in [0.25, 0.3) is 0 Å². The number of alkyl halides is 1. The fraction of sp³-hybridized carbons (Fsp3) is 0.800. The molecule has 4 heteroatoms. The molecule has 0 aromatic heterocycles. The topological polar surface area (TPSA) is 43.4 Å². The average molecular weight is 221 g/mol. The maximum Gasteiger partial charge on any atom is 0.305 e. The fourth-order valence-corrected chi connectivity index (χ4v) is 1.19. The molecule has 0 fully saturated rings. The van der Waals surface area contributed by atoms with E-state index in [1.165, 1.54) is 0 Å². The number of hydrogen-bond donors (Lipinski definition) is 0. The van der Waals surface area contributed by atoms with Gasteiger partial charge in [-0.05, 0) is 19.8 Å². The van der Waals surface area contributed by atoms with Gasteiger partial charge in [-0.25, -0.2) is 0 Å². The van der Waals surface area contributed by atoms with Crippen molar-refractivity contribution >= 4 is 23.4 Å². The van der Waals surface area contributed by atoms with E-state index >= 15 is 0 Å². The summed E-state index contributed by atoms with van der Waals surface area (Å²) in [6.07, 6.45) is 2.61. The first-order valence-electron chi connectivity index (χ1n) is 4.94. The van der Waals surface area contributed by atoms with E-state index in [0.717, 1.165) is 6.42 Å². The Bertz CT molecular complexity index is 180. The van der Waals surface area contributed by atoms with Crippen LogP contribution in [0.1, 0.15) is 39.0 Å². The molecule has 0 aromatic carbocycles. The van der Waals surface area contributed by atoms with Crippen LogP contribution in [0.4, 0.5) is 0 Å². The average Bonchev–Trinajstić information content (AvgIpc) is 2.15. The van der Waals surface area contributed by atoms with Crippen molar-refractivity contribution in [3.63, 3.8) is 0 Å². The molecule has 0 amide bonds. The number of carbonyl (C=O) groups is 2. The number of halogens is 1. The van der Waals surface area contributed by atoms with Crippen LogP contribution in [0, 0.1) is 0 Å². The van der Waals surface area contributed by atoms with Gasteiger partial charge < -0.3 is 4.74 Å². The van der Waals surface area contributed by atoms with Gasteiger partial charge >= 0.3 is 5.97 Å². The Morgan fingerprint density at radius 1 is 1.14 bits per heavy atom. The van der Waals surface area contributed by atoms with Crippen LogP contribution in [0.2, 0.25) is 0 Å². The molecule has 3 nitrogen and oxygen atoms in total. The molecule has 0 saturated heterocycles. The molecule has 0 spiro atoms. The fourth-order valence-electron chi connectivity index (χ4n) is 1.05. The van der Waals surface area contributed by atoms with Crippen LogP contribution in [0.3, 0.4) is 0 Å². The maximum atomic E-state index is 11.1. The third-order valence-corrected chi connectivity index (χ3v) is 2.00. The Kier molecular flexibility index (Phi) is 8.64. The van der Waals surface area contributed by atoms with Gasteiger partial charge in [0.15, 0.2) is 0 Å². The van der Waals surface area contributed by atoms with Crippen LogP contribution < -0.4 is 0 Å². The van der Waals surface area contributed by atoms with Gasteiger partial charge in [0.1, 0.15) is 5.78 Å². The summed E-state index contributed by atoms with van der Waals surface area (Å²) in [6, 6.07) is 0. The highest BCUT2D eigenvalue weighted by Gasteiger charge is 2.05. The van der Waals surface area contributed by atoms with Gasteiger partial charge in [-0.1, -0.05) is 0 Å². The minimum absolute atomic E-state index is 0.176.